The molecular weight excluding hydrogens is 406 g/mol. The number of benzene rings is 1. The molecule has 4 rings (SSSR count). The molecule has 0 atom stereocenters. The van der Waals surface area contributed by atoms with E-state index < -0.39 is 5.97 Å². The number of rotatable bonds is 5. The van der Waals surface area contributed by atoms with Gasteiger partial charge in [0, 0.05) is 13.1 Å². The van der Waals surface area contributed by atoms with E-state index in [1.807, 2.05) is 0 Å². The van der Waals surface area contributed by atoms with Crippen molar-refractivity contribution in [2.45, 2.75) is 33.4 Å². The smallest absolute Gasteiger partial charge is 0.348 e. The lowest BCUT2D eigenvalue weighted by atomic mass is 10.1. The minimum atomic E-state index is -0.484. The molecule has 3 heterocycles. The molecule has 1 aromatic carbocycles. The normalized spacial score (nSPS) is 13.4. The van der Waals surface area contributed by atoms with Crippen LogP contribution in [0.25, 0.3) is 10.2 Å². The van der Waals surface area contributed by atoms with Crippen LogP contribution >= 0.6 is 11.3 Å². The van der Waals surface area contributed by atoms with Crippen molar-refractivity contribution >= 4 is 39.3 Å². The minimum Gasteiger partial charge on any atom is -0.459 e. The first kappa shape index (κ1) is 20.0. The van der Waals surface area contributed by atoms with Gasteiger partial charge < -0.3 is 4.74 Å². The molecule has 0 saturated carbocycles. The fourth-order valence-corrected chi connectivity index (χ4v) is 4.45. The van der Waals surface area contributed by atoms with E-state index in [2.05, 4.69) is 4.98 Å². The van der Waals surface area contributed by atoms with Crippen LogP contribution in [0.15, 0.2) is 35.4 Å². The van der Waals surface area contributed by atoms with Crippen molar-refractivity contribution in [1.82, 2.24) is 14.5 Å². The zero-order valence-electron chi connectivity index (χ0n) is 16.7. The highest BCUT2D eigenvalue weighted by Gasteiger charge is 2.34. The number of nitrogens with zero attached hydrogens (tertiary/aromatic N) is 3. The summed E-state index contributed by atoms with van der Waals surface area (Å²) in [5, 5.41) is 0.348. The molecule has 0 bridgehead atoms. The van der Waals surface area contributed by atoms with Crippen LogP contribution in [0.4, 0.5) is 0 Å². The Morgan fingerprint density at radius 2 is 1.73 bits per heavy atom. The van der Waals surface area contributed by atoms with E-state index in [1.54, 1.807) is 45.0 Å². The zero-order chi connectivity index (χ0) is 21.6. The zero-order valence-corrected chi connectivity index (χ0v) is 17.5. The van der Waals surface area contributed by atoms with E-state index in [0.717, 1.165) is 16.2 Å². The van der Waals surface area contributed by atoms with Crippen LogP contribution in [0.5, 0.6) is 0 Å². The maximum atomic E-state index is 13.0. The Balaban J connectivity index is 1.60. The second-order valence-electron chi connectivity index (χ2n) is 7.24. The van der Waals surface area contributed by atoms with Gasteiger partial charge in [0.15, 0.2) is 0 Å². The Hall–Kier alpha value is -3.33. The molecule has 2 aromatic heterocycles. The molecule has 1 aliphatic rings. The summed E-state index contributed by atoms with van der Waals surface area (Å²) in [4.78, 5) is 56.5. The van der Waals surface area contributed by atoms with Crippen LogP contribution in [-0.2, 0) is 11.3 Å². The predicted octanol–water partition coefficient (Wildman–Crippen LogP) is 2.63. The highest BCUT2D eigenvalue weighted by Crippen LogP contribution is 2.28. The van der Waals surface area contributed by atoms with E-state index in [-0.39, 0.29) is 36.6 Å². The molecule has 0 fully saturated rings. The van der Waals surface area contributed by atoms with Crippen molar-refractivity contribution in [2.75, 3.05) is 6.54 Å². The van der Waals surface area contributed by atoms with Crippen molar-refractivity contribution in [1.29, 1.82) is 0 Å². The molecule has 0 unspecified atom stereocenters. The van der Waals surface area contributed by atoms with Gasteiger partial charge in [-0.1, -0.05) is 12.1 Å². The quantitative estimate of drug-likeness (QED) is 0.460. The Kier molecular flexibility index (Phi) is 4.98. The maximum absolute atomic E-state index is 13.0. The Bertz CT molecular complexity index is 1220. The van der Waals surface area contributed by atoms with Crippen LogP contribution in [0.2, 0.25) is 0 Å². The molecule has 9 heteroatoms. The largest absolute Gasteiger partial charge is 0.459 e. The fraction of sp³-hybridized carbons (Fsp3) is 0.286. The van der Waals surface area contributed by atoms with Crippen LogP contribution in [0, 0.1) is 6.92 Å². The molecule has 154 valence electrons. The molecular formula is C21H19N3O5S. The minimum absolute atomic E-state index is 0.0465. The number of carbonyl (C=O) groups is 3. The number of aryl methyl sites for hydroxylation is 1. The monoisotopic (exact) mass is 425 g/mol. The molecule has 0 saturated heterocycles. The summed E-state index contributed by atoms with van der Waals surface area (Å²) >= 11 is 1.12. The Morgan fingerprint density at radius 1 is 1.10 bits per heavy atom. The number of fused-ring (bicyclic) bond motifs is 2. The summed E-state index contributed by atoms with van der Waals surface area (Å²) in [6.07, 6.45) is 1.10. The summed E-state index contributed by atoms with van der Waals surface area (Å²) in [5.41, 5.74) is 0.929. The highest BCUT2D eigenvalue weighted by molar-refractivity contribution is 7.20. The van der Waals surface area contributed by atoms with Gasteiger partial charge in [-0.3, -0.25) is 23.9 Å². The van der Waals surface area contributed by atoms with E-state index >= 15 is 0 Å². The van der Waals surface area contributed by atoms with Crippen molar-refractivity contribution in [3.05, 3.63) is 62.5 Å². The van der Waals surface area contributed by atoms with E-state index in [1.165, 1.54) is 10.9 Å². The van der Waals surface area contributed by atoms with Crippen LogP contribution in [-0.4, -0.2) is 44.9 Å². The number of imide groups is 1. The molecule has 0 spiro atoms. The van der Waals surface area contributed by atoms with Gasteiger partial charge >= 0.3 is 5.97 Å². The van der Waals surface area contributed by atoms with Gasteiger partial charge in [-0.15, -0.1) is 11.3 Å². The van der Waals surface area contributed by atoms with Crippen LogP contribution in [0.1, 0.15) is 49.8 Å². The summed E-state index contributed by atoms with van der Waals surface area (Å²) in [5.74, 6) is -1.23. The molecule has 0 aliphatic carbocycles. The van der Waals surface area contributed by atoms with Gasteiger partial charge in [0.1, 0.15) is 9.71 Å². The average molecular weight is 425 g/mol. The van der Waals surface area contributed by atoms with Gasteiger partial charge in [-0.2, -0.15) is 0 Å². The number of hydrogen-bond acceptors (Lipinski definition) is 7. The summed E-state index contributed by atoms with van der Waals surface area (Å²) in [6, 6.07) is 6.64. The van der Waals surface area contributed by atoms with Gasteiger partial charge in [-0.25, -0.2) is 9.78 Å². The Labute approximate surface area is 175 Å². The lowest BCUT2D eigenvalue weighted by molar-refractivity contribution is 0.0382. The van der Waals surface area contributed by atoms with Crippen LogP contribution < -0.4 is 5.56 Å². The van der Waals surface area contributed by atoms with E-state index in [4.69, 9.17) is 4.74 Å². The maximum Gasteiger partial charge on any atom is 0.348 e. The van der Waals surface area contributed by atoms with Crippen molar-refractivity contribution in [3.8, 4) is 0 Å². The first-order valence-electron chi connectivity index (χ1n) is 9.44. The van der Waals surface area contributed by atoms with Crippen LogP contribution in [0.3, 0.4) is 0 Å². The van der Waals surface area contributed by atoms with Crippen molar-refractivity contribution in [3.63, 3.8) is 0 Å². The summed E-state index contributed by atoms with van der Waals surface area (Å²) in [7, 11) is 0. The third-order valence-electron chi connectivity index (χ3n) is 4.89. The number of esters is 1. The predicted molar refractivity (Wildman–Crippen MR) is 111 cm³/mol. The number of thiophene rings is 1. The summed E-state index contributed by atoms with van der Waals surface area (Å²) in [6.45, 7) is 5.35. The van der Waals surface area contributed by atoms with E-state index in [0.29, 0.717) is 31.8 Å². The average Bonchev–Trinajstić information content (AvgIpc) is 3.17. The Morgan fingerprint density at radius 3 is 2.33 bits per heavy atom. The standard InChI is InChI=1S/C21H19N3O5S/c1-11(2)29-21(28)16-12(3)15-17(30-16)22-10-23(20(15)27)8-9-24-18(25)13-6-4-5-7-14(13)19(24)26/h4-7,10-11H,8-9H2,1-3H3. The first-order chi connectivity index (χ1) is 14.3. The highest BCUT2D eigenvalue weighted by atomic mass is 32.1. The summed E-state index contributed by atoms with van der Waals surface area (Å²) < 4.78 is 6.59. The number of aromatic nitrogens is 2. The molecule has 2 amide bonds. The molecule has 3 aromatic rings. The fourth-order valence-electron chi connectivity index (χ4n) is 3.43. The SMILES string of the molecule is Cc1c(C(=O)OC(C)C)sc2ncn(CCN3C(=O)c4ccccc4C3=O)c(=O)c12. The number of hydrogen-bond donors (Lipinski definition) is 0. The lowest BCUT2D eigenvalue weighted by Crippen LogP contribution is -2.35. The molecule has 30 heavy (non-hydrogen) atoms. The van der Waals surface area contributed by atoms with Crippen molar-refractivity contribution in [2.24, 2.45) is 0 Å². The second-order valence-corrected chi connectivity index (χ2v) is 8.24. The van der Waals surface area contributed by atoms with E-state index in [9.17, 15) is 19.2 Å². The second kappa shape index (κ2) is 7.49. The number of ether oxygens (including phenoxy) is 1. The van der Waals surface area contributed by atoms with Gasteiger partial charge in [0.05, 0.1) is 28.9 Å². The molecule has 0 N–H and O–H groups in total. The molecule has 0 radical (unpaired) electrons. The third-order valence-corrected chi connectivity index (χ3v) is 6.07. The van der Waals surface area contributed by atoms with Gasteiger partial charge in [0.25, 0.3) is 17.4 Å². The van der Waals surface area contributed by atoms with Gasteiger partial charge in [0.2, 0.25) is 0 Å². The number of carbonyl (C=O) groups excluding carboxylic acids is 3. The first-order valence-corrected chi connectivity index (χ1v) is 10.3. The lowest BCUT2D eigenvalue weighted by Gasteiger charge is -2.14. The van der Waals surface area contributed by atoms with Crippen molar-refractivity contribution < 1.29 is 19.1 Å². The van der Waals surface area contributed by atoms with Gasteiger partial charge in [-0.05, 0) is 38.5 Å². The molecule has 8 nitrogen and oxygen atoms in total. The third kappa shape index (κ3) is 3.21. The molecule has 1 aliphatic heterocycles. The topological polar surface area (TPSA) is 98.6 Å². The number of amides is 2.